The van der Waals surface area contributed by atoms with E-state index in [1.807, 2.05) is 28.9 Å². The molecule has 0 fully saturated rings. The molecule has 22 heavy (non-hydrogen) atoms. The number of nitrogens with zero attached hydrogens (tertiary/aromatic N) is 2. The van der Waals surface area contributed by atoms with Crippen LogP contribution in [0.3, 0.4) is 0 Å². The van der Waals surface area contributed by atoms with Gasteiger partial charge in [0.25, 0.3) is 0 Å². The monoisotopic (exact) mass is 348 g/mol. The highest BCUT2D eigenvalue weighted by Crippen LogP contribution is 2.40. The first-order valence-electron chi connectivity index (χ1n) is 6.56. The van der Waals surface area contributed by atoms with Crippen molar-refractivity contribution < 1.29 is 4.21 Å². The molecule has 0 saturated heterocycles. The lowest BCUT2D eigenvalue weighted by Gasteiger charge is -2.05. The molecule has 2 unspecified atom stereocenters. The van der Waals surface area contributed by atoms with E-state index in [0.29, 0.717) is 4.90 Å². The van der Waals surface area contributed by atoms with Crippen molar-refractivity contribution in [3.05, 3.63) is 59.9 Å². The third kappa shape index (κ3) is 2.19. The number of nitrogens with one attached hydrogen (secondary N) is 1. The van der Waals surface area contributed by atoms with E-state index in [2.05, 4.69) is 21.9 Å². The van der Waals surface area contributed by atoms with Crippen molar-refractivity contribution >= 4 is 42.8 Å². The summed E-state index contributed by atoms with van der Waals surface area (Å²) in [6.07, 6.45) is 0. The van der Waals surface area contributed by atoms with Gasteiger partial charge in [0.2, 0.25) is 0 Å². The Labute approximate surface area is 136 Å². The van der Waals surface area contributed by atoms with Crippen molar-refractivity contribution in [3.63, 3.8) is 0 Å². The lowest BCUT2D eigenvalue weighted by Crippen LogP contribution is -2.11. The highest BCUT2D eigenvalue weighted by atomic mass is 32.8. The molecule has 2 aromatic carbocycles. The molecule has 5 nitrogen and oxygen atoms in total. The summed E-state index contributed by atoms with van der Waals surface area (Å²) in [5.41, 5.74) is 2.84. The lowest BCUT2D eigenvalue weighted by atomic mass is 10.1. The molecule has 0 spiro atoms. The predicted octanol–water partition coefficient (Wildman–Crippen LogP) is 2.31. The van der Waals surface area contributed by atoms with Crippen LogP contribution >= 0.6 is 11.9 Å². The molecule has 2 heterocycles. The van der Waals surface area contributed by atoms with Gasteiger partial charge < -0.3 is 0 Å². The van der Waals surface area contributed by atoms with Gasteiger partial charge in [0, 0.05) is 11.2 Å². The standard InChI is InChI=1S/C14H12N4OS3/c15-22(19,20)10-6-7-11-12(8-10)18-14(16-11)13(21-17-18)9-4-2-1-3-5-9/h1-8,13,17H,(H2,15,19,20). The van der Waals surface area contributed by atoms with Gasteiger partial charge in [0.05, 0.1) is 15.9 Å². The molecule has 1 aliphatic heterocycles. The zero-order valence-electron chi connectivity index (χ0n) is 11.3. The summed E-state index contributed by atoms with van der Waals surface area (Å²) in [6, 6.07) is 15.4. The number of aromatic nitrogens is 2. The van der Waals surface area contributed by atoms with E-state index in [1.165, 1.54) is 5.56 Å². The zero-order valence-corrected chi connectivity index (χ0v) is 13.8. The quantitative estimate of drug-likeness (QED) is 0.695. The van der Waals surface area contributed by atoms with Gasteiger partial charge in [-0.2, -0.15) is 0 Å². The van der Waals surface area contributed by atoms with E-state index in [-0.39, 0.29) is 5.25 Å². The number of imidazole rings is 1. The first-order chi connectivity index (χ1) is 10.5. The molecule has 8 heteroatoms. The van der Waals surface area contributed by atoms with Crippen LogP contribution in [0.5, 0.6) is 0 Å². The first kappa shape index (κ1) is 14.0. The van der Waals surface area contributed by atoms with Crippen LogP contribution in [-0.2, 0) is 19.9 Å². The van der Waals surface area contributed by atoms with Crippen molar-refractivity contribution in [1.82, 2.24) is 9.66 Å². The van der Waals surface area contributed by atoms with Crippen LogP contribution in [0.4, 0.5) is 0 Å². The van der Waals surface area contributed by atoms with Crippen LogP contribution in [0, 0.1) is 0 Å². The number of rotatable bonds is 2. The van der Waals surface area contributed by atoms with Crippen LogP contribution in [0.25, 0.3) is 11.0 Å². The minimum absolute atomic E-state index is 0.114. The Hall–Kier alpha value is -1.61. The first-order valence-corrected chi connectivity index (χ1v) is 9.98. The van der Waals surface area contributed by atoms with E-state index in [4.69, 9.17) is 16.3 Å². The maximum Gasteiger partial charge on any atom is 0.148 e. The molecule has 112 valence electrons. The Balaban J connectivity index is 1.88. The Morgan fingerprint density at radius 2 is 2.05 bits per heavy atom. The largest absolute Gasteiger partial charge is 0.265 e. The third-order valence-electron chi connectivity index (χ3n) is 3.58. The van der Waals surface area contributed by atoms with Gasteiger partial charge >= 0.3 is 0 Å². The molecule has 3 aromatic rings. The van der Waals surface area contributed by atoms with Gasteiger partial charge in [0.15, 0.2) is 0 Å². The minimum Gasteiger partial charge on any atom is -0.265 e. The fraction of sp³-hybridized carbons (Fsp3) is 0.0714. The second kappa shape index (κ2) is 4.95. The van der Waals surface area contributed by atoms with Gasteiger partial charge in [-0.05, 0) is 35.7 Å². The van der Waals surface area contributed by atoms with Gasteiger partial charge in [-0.15, -0.1) is 0 Å². The summed E-state index contributed by atoms with van der Waals surface area (Å²) in [4.78, 5) is 8.39. The third-order valence-corrected chi connectivity index (χ3v) is 6.07. The maximum atomic E-state index is 11.9. The maximum absolute atomic E-state index is 11.9. The van der Waals surface area contributed by atoms with Crippen LogP contribution in [-0.4, -0.2) is 13.9 Å². The minimum atomic E-state index is -2.90. The molecule has 0 bridgehead atoms. The second-order valence-electron chi connectivity index (χ2n) is 5.00. The molecule has 0 aliphatic carbocycles. The molecule has 1 aliphatic rings. The summed E-state index contributed by atoms with van der Waals surface area (Å²) in [5.74, 6) is 0.913. The van der Waals surface area contributed by atoms with E-state index in [1.54, 1.807) is 24.1 Å². The Kier molecular flexibility index (Phi) is 3.15. The Bertz CT molecular complexity index is 966. The number of fused-ring (bicyclic) bond motifs is 3. The fourth-order valence-corrected chi connectivity index (χ4v) is 4.33. The molecule has 0 saturated carbocycles. The number of hydrogen-bond acceptors (Lipinski definition) is 5. The Morgan fingerprint density at radius 1 is 1.27 bits per heavy atom. The molecule has 2 atom stereocenters. The molecule has 1 aromatic heterocycles. The van der Waals surface area contributed by atoms with Crippen LogP contribution in [0.1, 0.15) is 16.6 Å². The van der Waals surface area contributed by atoms with E-state index in [0.717, 1.165) is 16.9 Å². The average molecular weight is 348 g/mol. The molecular weight excluding hydrogens is 336 g/mol. The topological polar surface area (TPSA) is 72.9 Å². The van der Waals surface area contributed by atoms with Crippen LogP contribution in [0.15, 0.2) is 53.4 Å². The Morgan fingerprint density at radius 3 is 2.77 bits per heavy atom. The number of benzene rings is 2. The summed E-state index contributed by atoms with van der Waals surface area (Å²) < 4.78 is 13.8. The fourth-order valence-electron chi connectivity index (χ4n) is 2.53. The van der Waals surface area contributed by atoms with Crippen LogP contribution < -0.4 is 9.97 Å². The molecule has 3 N–H and O–H groups in total. The van der Waals surface area contributed by atoms with Crippen molar-refractivity contribution in [2.45, 2.75) is 10.1 Å². The highest BCUT2D eigenvalue weighted by Gasteiger charge is 2.29. The normalized spacial score (nSPS) is 19.6. The van der Waals surface area contributed by atoms with E-state index >= 15 is 0 Å². The lowest BCUT2D eigenvalue weighted by molar-refractivity contribution is 0.683. The summed E-state index contributed by atoms with van der Waals surface area (Å²) in [7, 11) is -2.90. The van der Waals surface area contributed by atoms with Crippen molar-refractivity contribution in [3.8, 4) is 0 Å². The predicted molar refractivity (Wildman–Crippen MR) is 92.9 cm³/mol. The average Bonchev–Trinajstić information content (AvgIpc) is 3.05. The molecule has 4 rings (SSSR count). The summed E-state index contributed by atoms with van der Waals surface area (Å²) in [5, 5.41) is 5.68. The summed E-state index contributed by atoms with van der Waals surface area (Å²) in [6.45, 7) is 0. The molecule has 0 radical (unpaired) electrons. The van der Waals surface area contributed by atoms with E-state index in [9.17, 15) is 4.21 Å². The van der Waals surface area contributed by atoms with Crippen molar-refractivity contribution in [2.24, 2.45) is 5.14 Å². The van der Waals surface area contributed by atoms with Crippen molar-refractivity contribution in [2.75, 3.05) is 4.83 Å². The van der Waals surface area contributed by atoms with Gasteiger partial charge in [-0.25, -0.2) is 19.0 Å². The number of nitrogens with two attached hydrogens (primary N) is 1. The molecular formula is C14H12N4OS3. The van der Waals surface area contributed by atoms with Crippen molar-refractivity contribution in [1.29, 1.82) is 0 Å². The SMILES string of the molecule is NS(=O)(=S)c1ccc2nc3n(c2c1)NSC3c1ccccc1. The smallest absolute Gasteiger partial charge is 0.148 e. The number of hydrogen-bond donors (Lipinski definition) is 2. The van der Waals surface area contributed by atoms with Gasteiger partial charge in [-0.3, -0.25) is 4.83 Å². The van der Waals surface area contributed by atoms with Gasteiger partial charge in [0.1, 0.15) is 19.8 Å². The van der Waals surface area contributed by atoms with E-state index < -0.39 is 8.68 Å². The second-order valence-corrected chi connectivity index (χ2v) is 8.94. The molecule has 0 amide bonds. The van der Waals surface area contributed by atoms with Gasteiger partial charge in [-0.1, -0.05) is 30.3 Å². The zero-order chi connectivity index (χ0) is 15.3. The summed E-state index contributed by atoms with van der Waals surface area (Å²) >= 11 is 6.45. The van der Waals surface area contributed by atoms with Crippen LogP contribution in [0.2, 0.25) is 0 Å². The highest BCUT2D eigenvalue weighted by molar-refractivity contribution is 8.31.